The SMILES string of the molecule is CC(N)=O.CC(N)CC(=O)O. The number of rotatable bonds is 2. The number of carboxylic acids is 1. The van der Waals surface area contributed by atoms with E-state index in [1.807, 2.05) is 0 Å². The van der Waals surface area contributed by atoms with Crippen molar-refractivity contribution in [3.8, 4) is 0 Å². The molecule has 0 aromatic heterocycles. The summed E-state index contributed by atoms with van der Waals surface area (Å²) in [6, 6.07) is -0.225. The van der Waals surface area contributed by atoms with Gasteiger partial charge in [-0.3, -0.25) is 9.59 Å². The predicted octanol–water partition coefficient (Wildman–Crippen LogP) is -0.700. The van der Waals surface area contributed by atoms with Crippen molar-refractivity contribution in [2.24, 2.45) is 11.5 Å². The van der Waals surface area contributed by atoms with Crippen molar-refractivity contribution in [2.75, 3.05) is 0 Å². The zero-order valence-electron chi connectivity index (χ0n) is 6.70. The molecule has 0 aliphatic carbocycles. The van der Waals surface area contributed by atoms with E-state index in [-0.39, 0.29) is 18.4 Å². The summed E-state index contributed by atoms with van der Waals surface area (Å²) in [5, 5.41) is 8.00. The van der Waals surface area contributed by atoms with Crippen LogP contribution in [0.15, 0.2) is 0 Å². The fourth-order valence-corrected chi connectivity index (χ4v) is 0.275. The van der Waals surface area contributed by atoms with Gasteiger partial charge in [-0.1, -0.05) is 0 Å². The molecule has 66 valence electrons. The molecule has 1 unspecified atom stereocenters. The summed E-state index contributed by atoms with van der Waals surface area (Å²) < 4.78 is 0. The van der Waals surface area contributed by atoms with Gasteiger partial charge in [-0.25, -0.2) is 0 Å². The molecule has 1 amide bonds. The summed E-state index contributed by atoms with van der Waals surface area (Å²) in [5.41, 5.74) is 9.58. The highest BCUT2D eigenvalue weighted by atomic mass is 16.4. The van der Waals surface area contributed by atoms with Gasteiger partial charge in [0.25, 0.3) is 0 Å². The molecule has 0 saturated heterocycles. The molecule has 5 N–H and O–H groups in total. The Morgan fingerprint density at radius 2 is 1.82 bits per heavy atom. The van der Waals surface area contributed by atoms with Gasteiger partial charge < -0.3 is 16.6 Å². The molecule has 0 aliphatic heterocycles. The first-order valence-corrected chi connectivity index (χ1v) is 3.09. The molecule has 1 atom stereocenters. The van der Waals surface area contributed by atoms with Crippen LogP contribution in [0.25, 0.3) is 0 Å². The lowest BCUT2D eigenvalue weighted by Gasteiger charge is -1.95. The van der Waals surface area contributed by atoms with Gasteiger partial charge in [0.15, 0.2) is 0 Å². The van der Waals surface area contributed by atoms with Gasteiger partial charge in [-0.15, -0.1) is 0 Å². The maximum absolute atomic E-state index is 9.73. The van der Waals surface area contributed by atoms with Crippen LogP contribution >= 0.6 is 0 Å². The Bertz CT molecular complexity index is 130. The fraction of sp³-hybridized carbons (Fsp3) is 0.667. The van der Waals surface area contributed by atoms with Crippen LogP contribution in [-0.2, 0) is 9.59 Å². The standard InChI is InChI=1S/C4H9NO2.C2H5NO/c1-3(5)2-4(6)7;1-2(3)4/h3H,2,5H2,1H3,(H,6,7);1H3,(H2,3,4). The number of hydrogen-bond acceptors (Lipinski definition) is 3. The van der Waals surface area contributed by atoms with Crippen molar-refractivity contribution in [3.05, 3.63) is 0 Å². The second-order valence-corrected chi connectivity index (χ2v) is 2.19. The average molecular weight is 162 g/mol. The van der Waals surface area contributed by atoms with E-state index in [9.17, 15) is 9.59 Å². The largest absolute Gasteiger partial charge is 0.481 e. The van der Waals surface area contributed by atoms with Gasteiger partial charge in [-0.05, 0) is 6.92 Å². The molecule has 11 heavy (non-hydrogen) atoms. The van der Waals surface area contributed by atoms with E-state index < -0.39 is 5.97 Å². The molecule has 0 bridgehead atoms. The van der Waals surface area contributed by atoms with Crippen LogP contribution in [0.2, 0.25) is 0 Å². The molecular formula is C6H14N2O3. The zero-order valence-corrected chi connectivity index (χ0v) is 6.70. The fourth-order valence-electron chi connectivity index (χ4n) is 0.275. The average Bonchev–Trinajstić information content (AvgIpc) is 1.56. The highest BCUT2D eigenvalue weighted by molar-refractivity contribution is 5.70. The Morgan fingerprint density at radius 3 is 1.82 bits per heavy atom. The molecule has 0 rings (SSSR count). The van der Waals surface area contributed by atoms with Crippen LogP contribution in [0.5, 0.6) is 0 Å². The van der Waals surface area contributed by atoms with Gasteiger partial charge in [-0.2, -0.15) is 0 Å². The number of carbonyl (C=O) groups excluding carboxylic acids is 1. The lowest BCUT2D eigenvalue weighted by Crippen LogP contribution is -2.18. The number of carboxylic acid groups (broad SMARTS) is 1. The molecule has 5 heteroatoms. The molecule has 0 heterocycles. The summed E-state index contributed by atoms with van der Waals surface area (Å²) in [6.07, 6.45) is 0.0556. The third kappa shape index (κ3) is 50.4. The Labute approximate surface area is 65.4 Å². The molecule has 5 nitrogen and oxygen atoms in total. The van der Waals surface area contributed by atoms with Crippen molar-refractivity contribution < 1.29 is 14.7 Å². The Kier molecular flexibility index (Phi) is 8.01. The normalized spacial score (nSPS) is 10.8. The van der Waals surface area contributed by atoms with E-state index in [0.717, 1.165) is 0 Å². The van der Waals surface area contributed by atoms with Crippen LogP contribution in [0.3, 0.4) is 0 Å². The number of amides is 1. The monoisotopic (exact) mass is 162 g/mol. The first kappa shape index (κ1) is 12.6. The minimum Gasteiger partial charge on any atom is -0.481 e. The molecule has 0 aromatic carbocycles. The van der Waals surface area contributed by atoms with Gasteiger partial charge in [0.2, 0.25) is 5.91 Å². The molecule has 0 saturated carbocycles. The quantitative estimate of drug-likeness (QED) is 0.499. The van der Waals surface area contributed by atoms with E-state index in [1.54, 1.807) is 6.92 Å². The van der Waals surface area contributed by atoms with Gasteiger partial charge >= 0.3 is 5.97 Å². The Hall–Kier alpha value is -1.10. The van der Waals surface area contributed by atoms with Crippen LogP contribution < -0.4 is 11.5 Å². The van der Waals surface area contributed by atoms with Crippen LogP contribution in [-0.4, -0.2) is 23.0 Å². The van der Waals surface area contributed by atoms with Crippen molar-refractivity contribution in [2.45, 2.75) is 26.3 Å². The minimum atomic E-state index is -0.838. The second-order valence-electron chi connectivity index (χ2n) is 2.19. The second kappa shape index (κ2) is 7.01. The van der Waals surface area contributed by atoms with E-state index in [2.05, 4.69) is 5.73 Å². The Balaban J connectivity index is 0. The lowest BCUT2D eigenvalue weighted by molar-refractivity contribution is -0.137. The molecule has 0 fully saturated rings. The van der Waals surface area contributed by atoms with Gasteiger partial charge in [0.05, 0.1) is 6.42 Å². The summed E-state index contributed by atoms with van der Waals surface area (Å²) >= 11 is 0. The first-order chi connectivity index (χ1) is 4.86. The number of carbonyl (C=O) groups is 2. The minimum absolute atomic E-state index is 0.0556. The topological polar surface area (TPSA) is 106 Å². The number of nitrogens with two attached hydrogens (primary N) is 2. The number of aliphatic carboxylic acids is 1. The highest BCUT2D eigenvalue weighted by Crippen LogP contribution is 1.82. The molecule has 0 radical (unpaired) electrons. The maximum atomic E-state index is 9.73. The van der Waals surface area contributed by atoms with Crippen molar-refractivity contribution >= 4 is 11.9 Å². The summed E-state index contributed by atoms with van der Waals surface area (Å²) in [5.74, 6) is -1.17. The Morgan fingerprint density at radius 1 is 1.55 bits per heavy atom. The third-order valence-electron chi connectivity index (χ3n) is 0.497. The molecule has 0 aromatic rings. The van der Waals surface area contributed by atoms with Crippen molar-refractivity contribution in [1.29, 1.82) is 0 Å². The maximum Gasteiger partial charge on any atom is 0.304 e. The lowest BCUT2D eigenvalue weighted by atomic mass is 10.3. The van der Waals surface area contributed by atoms with E-state index >= 15 is 0 Å². The number of hydrogen-bond donors (Lipinski definition) is 3. The molecule has 0 spiro atoms. The predicted molar refractivity (Wildman–Crippen MR) is 40.8 cm³/mol. The summed E-state index contributed by atoms with van der Waals surface area (Å²) in [4.78, 5) is 19.0. The molecule has 0 aliphatic rings. The van der Waals surface area contributed by atoms with E-state index in [1.165, 1.54) is 6.92 Å². The summed E-state index contributed by atoms with van der Waals surface area (Å²) in [7, 11) is 0. The first-order valence-electron chi connectivity index (χ1n) is 3.09. The van der Waals surface area contributed by atoms with Crippen LogP contribution in [0.4, 0.5) is 0 Å². The highest BCUT2D eigenvalue weighted by Gasteiger charge is 1.98. The molecular weight excluding hydrogens is 148 g/mol. The zero-order chi connectivity index (χ0) is 9.44. The third-order valence-corrected chi connectivity index (χ3v) is 0.497. The smallest absolute Gasteiger partial charge is 0.304 e. The van der Waals surface area contributed by atoms with Crippen molar-refractivity contribution in [1.82, 2.24) is 0 Å². The van der Waals surface area contributed by atoms with Crippen LogP contribution in [0.1, 0.15) is 20.3 Å². The van der Waals surface area contributed by atoms with Gasteiger partial charge in [0.1, 0.15) is 0 Å². The van der Waals surface area contributed by atoms with E-state index in [0.29, 0.717) is 0 Å². The number of primary amides is 1. The van der Waals surface area contributed by atoms with Gasteiger partial charge in [0, 0.05) is 13.0 Å². The van der Waals surface area contributed by atoms with Crippen molar-refractivity contribution in [3.63, 3.8) is 0 Å². The van der Waals surface area contributed by atoms with Crippen LogP contribution in [0, 0.1) is 0 Å². The summed E-state index contributed by atoms with van der Waals surface area (Å²) in [6.45, 7) is 2.97. The van der Waals surface area contributed by atoms with E-state index in [4.69, 9.17) is 10.8 Å².